The van der Waals surface area contributed by atoms with Gasteiger partial charge >= 0.3 is 0 Å². The van der Waals surface area contributed by atoms with Crippen molar-refractivity contribution in [3.05, 3.63) is 35.9 Å². The van der Waals surface area contributed by atoms with E-state index in [4.69, 9.17) is 10.5 Å². The molecule has 1 aromatic rings. The minimum absolute atomic E-state index is 0.209. The van der Waals surface area contributed by atoms with Crippen LogP contribution in [-0.4, -0.2) is 13.2 Å². The third-order valence-corrected chi connectivity index (χ3v) is 2.98. The lowest BCUT2D eigenvalue weighted by Gasteiger charge is -2.36. The number of hydrogen-bond donors (Lipinski definition) is 1. The third kappa shape index (κ3) is 1.68. The van der Waals surface area contributed by atoms with Gasteiger partial charge in [-0.25, -0.2) is 0 Å². The quantitative estimate of drug-likeness (QED) is 0.776. The van der Waals surface area contributed by atoms with Crippen molar-refractivity contribution in [2.24, 2.45) is 5.73 Å². The van der Waals surface area contributed by atoms with E-state index < -0.39 is 0 Å². The zero-order valence-electron chi connectivity index (χ0n) is 8.41. The molecule has 0 bridgehead atoms. The van der Waals surface area contributed by atoms with Crippen molar-refractivity contribution >= 4 is 0 Å². The topological polar surface area (TPSA) is 35.2 Å². The average Bonchev–Trinajstić information content (AvgIpc) is 2.31. The van der Waals surface area contributed by atoms with E-state index in [0.29, 0.717) is 6.54 Å². The highest BCUT2D eigenvalue weighted by Gasteiger charge is 2.33. The highest BCUT2D eigenvalue weighted by atomic mass is 16.5. The minimum atomic E-state index is -0.209. The van der Waals surface area contributed by atoms with Gasteiger partial charge in [0, 0.05) is 13.2 Å². The zero-order chi connectivity index (χ0) is 9.86. The Labute approximate surface area is 85.1 Å². The molecule has 2 rings (SSSR count). The molecule has 2 heteroatoms. The first-order valence-electron chi connectivity index (χ1n) is 5.27. The second-order valence-electron chi connectivity index (χ2n) is 3.87. The lowest BCUT2D eigenvalue weighted by molar-refractivity contribution is -0.0769. The SMILES string of the molecule is NCC1(c2ccccc2)CCCCO1. The van der Waals surface area contributed by atoms with E-state index in [1.807, 2.05) is 18.2 Å². The summed E-state index contributed by atoms with van der Waals surface area (Å²) in [6.07, 6.45) is 3.42. The predicted octanol–water partition coefficient (Wildman–Crippen LogP) is 2.04. The van der Waals surface area contributed by atoms with Gasteiger partial charge in [0.15, 0.2) is 0 Å². The molecule has 1 aliphatic heterocycles. The van der Waals surface area contributed by atoms with Crippen LogP contribution in [0.4, 0.5) is 0 Å². The first-order valence-corrected chi connectivity index (χ1v) is 5.27. The van der Waals surface area contributed by atoms with Crippen LogP contribution < -0.4 is 5.73 Å². The van der Waals surface area contributed by atoms with Gasteiger partial charge in [-0.15, -0.1) is 0 Å². The third-order valence-electron chi connectivity index (χ3n) is 2.98. The van der Waals surface area contributed by atoms with Crippen molar-refractivity contribution in [1.82, 2.24) is 0 Å². The van der Waals surface area contributed by atoms with E-state index >= 15 is 0 Å². The van der Waals surface area contributed by atoms with Crippen LogP contribution in [0.3, 0.4) is 0 Å². The van der Waals surface area contributed by atoms with Gasteiger partial charge in [0.05, 0.1) is 0 Å². The molecule has 1 atom stereocenters. The number of benzene rings is 1. The summed E-state index contributed by atoms with van der Waals surface area (Å²) in [5, 5.41) is 0. The Hall–Kier alpha value is -0.860. The molecule has 2 N–H and O–H groups in total. The molecule has 0 aliphatic carbocycles. The fourth-order valence-corrected chi connectivity index (χ4v) is 2.10. The summed E-state index contributed by atoms with van der Waals surface area (Å²) in [5.41, 5.74) is 6.86. The van der Waals surface area contributed by atoms with Crippen LogP contribution in [0.25, 0.3) is 0 Å². The smallest absolute Gasteiger partial charge is 0.105 e. The predicted molar refractivity (Wildman–Crippen MR) is 57.0 cm³/mol. The van der Waals surface area contributed by atoms with E-state index in [2.05, 4.69) is 12.1 Å². The first-order chi connectivity index (χ1) is 6.87. The van der Waals surface area contributed by atoms with Gasteiger partial charge in [-0.05, 0) is 24.8 Å². The number of nitrogens with two attached hydrogens (primary N) is 1. The lowest BCUT2D eigenvalue weighted by atomic mass is 9.86. The van der Waals surface area contributed by atoms with Crippen molar-refractivity contribution in [3.63, 3.8) is 0 Å². The summed E-state index contributed by atoms with van der Waals surface area (Å²) >= 11 is 0. The summed E-state index contributed by atoms with van der Waals surface area (Å²) in [5.74, 6) is 0. The largest absolute Gasteiger partial charge is 0.369 e. The van der Waals surface area contributed by atoms with E-state index in [1.165, 1.54) is 12.0 Å². The summed E-state index contributed by atoms with van der Waals surface area (Å²) in [4.78, 5) is 0. The molecule has 1 fully saturated rings. The maximum absolute atomic E-state index is 5.88. The average molecular weight is 191 g/mol. The Balaban J connectivity index is 2.27. The van der Waals surface area contributed by atoms with E-state index in [0.717, 1.165) is 19.4 Å². The molecular weight excluding hydrogens is 174 g/mol. The molecule has 2 nitrogen and oxygen atoms in total. The van der Waals surface area contributed by atoms with E-state index in [1.54, 1.807) is 0 Å². The van der Waals surface area contributed by atoms with Crippen molar-refractivity contribution in [2.45, 2.75) is 24.9 Å². The van der Waals surface area contributed by atoms with Crippen molar-refractivity contribution < 1.29 is 4.74 Å². The summed E-state index contributed by atoms with van der Waals surface area (Å²) in [6, 6.07) is 10.3. The van der Waals surface area contributed by atoms with Crippen molar-refractivity contribution in [2.75, 3.05) is 13.2 Å². The Morgan fingerprint density at radius 3 is 2.57 bits per heavy atom. The van der Waals surface area contributed by atoms with Crippen molar-refractivity contribution in [3.8, 4) is 0 Å². The Morgan fingerprint density at radius 2 is 2.00 bits per heavy atom. The molecule has 1 heterocycles. The van der Waals surface area contributed by atoms with Gasteiger partial charge in [-0.3, -0.25) is 0 Å². The van der Waals surface area contributed by atoms with Crippen LogP contribution in [0.1, 0.15) is 24.8 Å². The van der Waals surface area contributed by atoms with Crippen molar-refractivity contribution in [1.29, 1.82) is 0 Å². The first kappa shape index (κ1) is 9.69. The van der Waals surface area contributed by atoms with Gasteiger partial charge in [0.2, 0.25) is 0 Å². The van der Waals surface area contributed by atoms with Gasteiger partial charge in [0.25, 0.3) is 0 Å². The Kier molecular flexibility index (Phi) is 2.85. The van der Waals surface area contributed by atoms with Crippen LogP contribution in [-0.2, 0) is 10.3 Å². The molecule has 0 aromatic heterocycles. The number of rotatable bonds is 2. The molecule has 76 valence electrons. The molecule has 0 amide bonds. The lowest BCUT2D eigenvalue weighted by Crippen LogP contribution is -2.40. The fourth-order valence-electron chi connectivity index (χ4n) is 2.10. The van der Waals surface area contributed by atoms with Gasteiger partial charge < -0.3 is 10.5 Å². The van der Waals surface area contributed by atoms with Crippen LogP contribution in [0, 0.1) is 0 Å². The second-order valence-corrected chi connectivity index (χ2v) is 3.87. The van der Waals surface area contributed by atoms with Gasteiger partial charge in [0.1, 0.15) is 5.60 Å². The maximum Gasteiger partial charge on any atom is 0.105 e. The van der Waals surface area contributed by atoms with Crippen LogP contribution in [0.5, 0.6) is 0 Å². The molecule has 0 spiro atoms. The highest BCUT2D eigenvalue weighted by molar-refractivity contribution is 5.23. The summed E-state index contributed by atoms with van der Waals surface area (Å²) in [7, 11) is 0. The van der Waals surface area contributed by atoms with E-state index in [-0.39, 0.29) is 5.60 Å². The van der Waals surface area contributed by atoms with Crippen LogP contribution in [0.2, 0.25) is 0 Å². The Bertz CT molecular complexity index is 278. The number of ether oxygens (including phenoxy) is 1. The normalized spacial score (nSPS) is 27.5. The maximum atomic E-state index is 5.88. The molecule has 1 saturated heterocycles. The van der Waals surface area contributed by atoms with Gasteiger partial charge in [-0.1, -0.05) is 30.3 Å². The molecular formula is C12H17NO. The molecule has 14 heavy (non-hydrogen) atoms. The molecule has 1 aromatic carbocycles. The second kappa shape index (κ2) is 4.11. The van der Waals surface area contributed by atoms with Crippen LogP contribution >= 0.6 is 0 Å². The highest BCUT2D eigenvalue weighted by Crippen LogP contribution is 2.33. The zero-order valence-corrected chi connectivity index (χ0v) is 8.41. The molecule has 1 unspecified atom stereocenters. The molecule has 0 saturated carbocycles. The molecule has 1 aliphatic rings. The minimum Gasteiger partial charge on any atom is -0.369 e. The standard InChI is InChI=1S/C12H17NO/c13-10-12(8-4-5-9-14-12)11-6-2-1-3-7-11/h1-3,6-7H,4-5,8-10,13H2. The number of hydrogen-bond acceptors (Lipinski definition) is 2. The van der Waals surface area contributed by atoms with Crippen LogP contribution in [0.15, 0.2) is 30.3 Å². The van der Waals surface area contributed by atoms with Gasteiger partial charge in [-0.2, -0.15) is 0 Å². The molecule has 0 radical (unpaired) electrons. The summed E-state index contributed by atoms with van der Waals surface area (Å²) < 4.78 is 5.88. The monoisotopic (exact) mass is 191 g/mol. The summed E-state index contributed by atoms with van der Waals surface area (Å²) in [6.45, 7) is 1.42. The fraction of sp³-hybridized carbons (Fsp3) is 0.500. The Morgan fingerprint density at radius 1 is 1.21 bits per heavy atom. The van der Waals surface area contributed by atoms with E-state index in [9.17, 15) is 0 Å².